The van der Waals surface area contributed by atoms with Crippen molar-refractivity contribution in [2.24, 2.45) is 0 Å². The van der Waals surface area contributed by atoms with Crippen LogP contribution in [0.5, 0.6) is 0 Å². The highest BCUT2D eigenvalue weighted by molar-refractivity contribution is 5.93. The first-order chi connectivity index (χ1) is 12.8. The molecule has 1 aliphatic heterocycles. The van der Waals surface area contributed by atoms with Crippen LogP contribution < -0.4 is 10.2 Å². The second-order valence-corrected chi connectivity index (χ2v) is 6.59. The maximum atomic E-state index is 12.8. The third kappa shape index (κ3) is 3.38. The molecule has 132 valence electrons. The van der Waals surface area contributed by atoms with E-state index in [1.807, 2.05) is 42.5 Å². The molecular formula is C21H22N4O. The zero-order valence-electron chi connectivity index (χ0n) is 14.6. The van der Waals surface area contributed by atoms with E-state index in [1.54, 1.807) is 6.33 Å². The van der Waals surface area contributed by atoms with Crippen molar-refractivity contribution in [2.45, 2.75) is 25.3 Å². The van der Waals surface area contributed by atoms with E-state index in [0.29, 0.717) is 6.54 Å². The maximum Gasteiger partial charge on any atom is 0.242 e. The normalized spacial score (nSPS) is 16.8. The average Bonchev–Trinajstić information content (AvgIpc) is 3.18. The lowest BCUT2D eigenvalue weighted by atomic mass is 10.1. The molecule has 3 aromatic rings. The van der Waals surface area contributed by atoms with Crippen LogP contribution >= 0.6 is 0 Å². The largest absolute Gasteiger partial charge is 0.354 e. The molecule has 2 heterocycles. The molecule has 0 unspecified atom stereocenters. The van der Waals surface area contributed by atoms with Crippen LogP contribution in [0.25, 0.3) is 10.9 Å². The van der Waals surface area contributed by atoms with Crippen LogP contribution in [-0.2, 0) is 11.2 Å². The Morgan fingerprint density at radius 1 is 1.08 bits per heavy atom. The number of rotatable bonds is 5. The van der Waals surface area contributed by atoms with E-state index in [2.05, 4.69) is 32.3 Å². The molecule has 1 saturated heterocycles. The van der Waals surface area contributed by atoms with Gasteiger partial charge < -0.3 is 10.2 Å². The highest BCUT2D eigenvalue weighted by atomic mass is 16.2. The first kappa shape index (κ1) is 16.5. The lowest BCUT2D eigenvalue weighted by Crippen LogP contribution is -2.44. The van der Waals surface area contributed by atoms with Crippen LogP contribution in [0.4, 0.5) is 5.82 Å². The predicted molar refractivity (Wildman–Crippen MR) is 103 cm³/mol. The van der Waals surface area contributed by atoms with Gasteiger partial charge in [0, 0.05) is 18.5 Å². The molecule has 1 aliphatic rings. The minimum Gasteiger partial charge on any atom is -0.354 e. The zero-order chi connectivity index (χ0) is 17.8. The van der Waals surface area contributed by atoms with E-state index in [9.17, 15) is 4.79 Å². The predicted octanol–water partition coefficient (Wildman–Crippen LogP) is 2.96. The highest BCUT2D eigenvalue weighted by Gasteiger charge is 2.32. The second-order valence-electron chi connectivity index (χ2n) is 6.59. The fourth-order valence-corrected chi connectivity index (χ4v) is 3.60. The fourth-order valence-electron chi connectivity index (χ4n) is 3.60. The van der Waals surface area contributed by atoms with Crippen LogP contribution in [0.1, 0.15) is 18.4 Å². The summed E-state index contributed by atoms with van der Waals surface area (Å²) in [4.78, 5) is 23.7. The molecule has 5 nitrogen and oxygen atoms in total. The molecule has 26 heavy (non-hydrogen) atoms. The average molecular weight is 346 g/mol. The Hall–Kier alpha value is -2.95. The van der Waals surface area contributed by atoms with Gasteiger partial charge in [-0.3, -0.25) is 4.79 Å². The molecule has 1 aromatic heterocycles. The van der Waals surface area contributed by atoms with E-state index in [4.69, 9.17) is 0 Å². The Morgan fingerprint density at radius 3 is 2.77 bits per heavy atom. The number of aromatic nitrogens is 2. The number of amides is 1. The number of fused-ring (bicyclic) bond motifs is 1. The summed E-state index contributed by atoms with van der Waals surface area (Å²) in [5.41, 5.74) is 2.14. The third-order valence-corrected chi connectivity index (χ3v) is 4.91. The van der Waals surface area contributed by atoms with E-state index in [-0.39, 0.29) is 11.9 Å². The summed E-state index contributed by atoms with van der Waals surface area (Å²) in [5, 5.41) is 4.10. The second kappa shape index (κ2) is 7.52. The molecule has 1 fully saturated rings. The summed E-state index contributed by atoms with van der Waals surface area (Å²) in [7, 11) is 0. The summed E-state index contributed by atoms with van der Waals surface area (Å²) >= 11 is 0. The molecule has 1 atom stereocenters. The van der Waals surface area contributed by atoms with Crippen LogP contribution in [0.15, 0.2) is 60.9 Å². The van der Waals surface area contributed by atoms with Crippen molar-refractivity contribution >= 4 is 22.6 Å². The Kier molecular flexibility index (Phi) is 4.78. The molecule has 0 radical (unpaired) electrons. The quantitative estimate of drug-likeness (QED) is 0.772. The van der Waals surface area contributed by atoms with Crippen molar-refractivity contribution in [3.63, 3.8) is 0 Å². The molecule has 0 saturated carbocycles. The minimum atomic E-state index is -0.163. The van der Waals surface area contributed by atoms with Gasteiger partial charge in [0.2, 0.25) is 5.91 Å². The summed E-state index contributed by atoms with van der Waals surface area (Å²) in [6.45, 7) is 1.50. The SMILES string of the molecule is O=C(NCCc1ccccc1)[C@H]1CCCN1c1ncnc2ccccc12. The van der Waals surface area contributed by atoms with E-state index >= 15 is 0 Å². The van der Waals surface area contributed by atoms with Crippen LogP contribution in [0, 0.1) is 0 Å². The van der Waals surface area contributed by atoms with E-state index in [1.165, 1.54) is 5.56 Å². The van der Waals surface area contributed by atoms with Gasteiger partial charge in [-0.15, -0.1) is 0 Å². The van der Waals surface area contributed by atoms with Crippen molar-refractivity contribution in [3.8, 4) is 0 Å². The van der Waals surface area contributed by atoms with Gasteiger partial charge in [-0.05, 0) is 37.0 Å². The van der Waals surface area contributed by atoms with Crippen molar-refractivity contribution in [2.75, 3.05) is 18.0 Å². The Labute approximate surface area is 153 Å². The number of hydrogen-bond donors (Lipinski definition) is 1. The molecule has 1 amide bonds. The van der Waals surface area contributed by atoms with Crippen molar-refractivity contribution < 1.29 is 4.79 Å². The minimum absolute atomic E-state index is 0.0844. The summed E-state index contributed by atoms with van der Waals surface area (Å²) in [5.74, 6) is 0.942. The number of benzene rings is 2. The number of nitrogens with zero attached hydrogens (tertiary/aromatic N) is 3. The van der Waals surface area contributed by atoms with Gasteiger partial charge in [-0.1, -0.05) is 42.5 Å². The van der Waals surface area contributed by atoms with Gasteiger partial charge >= 0.3 is 0 Å². The maximum absolute atomic E-state index is 12.8. The molecule has 5 heteroatoms. The zero-order valence-corrected chi connectivity index (χ0v) is 14.6. The van der Waals surface area contributed by atoms with Crippen LogP contribution in [-0.4, -0.2) is 35.0 Å². The van der Waals surface area contributed by atoms with Gasteiger partial charge in [-0.2, -0.15) is 0 Å². The molecule has 0 spiro atoms. The number of anilines is 1. The van der Waals surface area contributed by atoms with Gasteiger partial charge in [0.15, 0.2) is 0 Å². The Balaban J connectivity index is 1.46. The standard InChI is InChI=1S/C21H22N4O/c26-21(22-13-12-16-7-2-1-3-8-16)19-11-6-14-25(19)20-17-9-4-5-10-18(17)23-15-24-20/h1-5,7-10,15,19H,6,11-14H2,(H,22,26)/t19-/m1/s1. The fraction of sp³-hybridized carbons (Fsp3) is 0.286. The monoisotopic (exact) mass is 346 g/mol. The number of para-hydroxylation sites is 1. The Bertz CT molecular complexity index is 891. The third-order valence-electron chi connectivity index (χ3n) is 4.91. The van der Waals surface area contributed by atoms with Gasteiger partial charge in [0.05, 0.1) is 5.52 Å². The van der Waals surface area contributed by atoms with Gasteiger partial charge in [-0.25, -0.2) is 9.97 Å². The number of nitrogens with one attached hydrogen (secondary N) is 1. The topological polar surface area (TPSA) is 58.1 Å². The number of carbonyl (C=O) groups is 1. The number of carbonyl (C=O) groups excluding carboxylic acids is 1. The molecule has 4 rings (SSSR count). The lowest BCUT2D eigenvalue weighted by Gasteiger charge is -2.25. The summed E-state index contributed by atoms with van der Waals surface area (Å²) < 4.78 is 0. The number of hydrogen-bond acceptors (Lipinski definition) is 4. The van der Waals surface area contributed by atoms with Crippen molar-refractivity contribution in [1.82, 2.24) is 15.3 Å². The van der Waals surface area contributed by atoms with Gasteiger partial charge in [0.25, 0.3) is 0 Å². The molecular weight excluding hydrogens is 324 g/mol. The van der Waals surface area contributed by atoms with Gasteiger partial charge in [0.1, 0.15) is 18.2 Å². The lowest BCUT2D eigenvalue weighted by molar-refractivity contribution is -0.122. The molecule has 0 aliphatic carbocycles. The Morgan fingerprint density at radius 2 is 1.88 bits per heavy atom. The molecule has 0 bridgehead atoms. The van der Waals surface area contributed by atoms with E-state index < -0.39 is 0 Å². The van der Waals surface area contributed by atoms with Crippen molar-refractivity contribution in [1.29, 1.82) is 0 Å². The van der Waals surface area contributed by atoms with E-state index in [0.717, 1.165) is 42.5 Å². The smallest absolute Gasteiger partial charge is 0.242 e. The molecule has 1 N–H and O–H groups in total. The van der Waals surface area contributed by atoms with Crippen molar-refractivity contribution in [3.05, 3.63) is 66.5 Å². The summed E-state index contributed by atoms with van der Waals surface area (Å²) in [6, 6.07) is 18.0. The van der Waals surface area contributed by atoms with Crippen LogP contribution in [0.3, 0.4) is 0 Å². The first-order valence-corrected chi connectivity index (χ1v) is 9.11. The highest BCUT2D eigenvalue weighted by Crippen LogP contribution is 2.29. The first-order valence-electron chi connectivity index (χ1n) is 9.11. The molecule has 2 aromatic carbocycles. The summed E-state index contributed by atoms with van der Waals surface area (Å²) in [6.07, 6.45) is 4.28. The van der Waals surface area contributed by atoms with Crippen LogP contribution in [0.2, 0.25) is 0 Å².